The lowest BCUT2D eigenvalue weighted by atomic mass is 10.2. The molecule has 0 bridgehead atoms. The molecular weight excluding hydrogens is 262 g/mol. The van der Waals surface area contributed by atoms with Crippen LogP contribution >= 0.6 is 11.8 Å². The highest BCUT2D eigenvalue weighted by atomic mass is 32.2. The molecule has 0 aromatic heterocycles. The second-order valence-corrected chi connectivity index (χ2v) is 6.56. The van der Waals surface area contributed by atoms with E-state index in [-0.39, 0.29) is 11.9 Å². The van der Waals surface area contributed by atoms with Gasteiger partial charge in [-0.25, -0.2) is 0 Å². The zero-order chi connectivity index (χ0) is 13.7. The number of nitrogens with zero attached hydrogens (tertiary/aromatic N) is 1. The van der Waals surface area contributed by atoms with Crippen molar-refractivity contribution in [3.05, 3.63) is 0 Å². The smallest absolute Gasteiger partial charge is 0.311 e. The highest BCUT2D eigenvalue weighted by Gasteiger charge is 2.31. The third-order valence-electron chi connectivity index (χ3n) is 3.75. The summed E-state index contributed by atoms with van der Waals surface area (Å²) in [6.07, 6.45) is 3.29. The van der Waals surface area contributed by atoms with Crippen molar-refractivity contribution in [2.45, 2.75) is 37.5 Å². The molecule has 1 saturated heterocycles. The van der Waals surface area contributed by atoms with Crippen LogP contribution in [0.1, 0.15) is 26.2 Å². The van der Waals surface area contributed by atoms with Crippen molar-refractivity contribution in [2.24, 2.45) is 0 Å². The van der Waals surface area contributed by atoms with Crippen LogP contribution in [-0.4, -0.2) is 59.9 Å². The molecule has 2 aliphatic rings. The van der Waals surface area contributed by atoms with E-state index in [1.54, 1.807) is 4.90 Å². The van der Waals surface area contributed by atoms with Gasteiger partial charge in [-0.1, -0.05) is 13.3 Å². The first-order valence-corrected chi connectivity index (χ1v) is 8.19. The van der Waals surface area contributed by atoms with Gasteiger partial charge >= 0.3 is 11.8 Å². The van der Waals surface area contributed by atoms with Crippen molar-refractivity contribution in [2.75, 3.05) is 31.9 Å². The van der Waals surface area contributed by atoms with E-state index in [1.807, 2.05) is 11.8 Å². The van der Waals surface area contributed by atoms with Crippen LogP contribution in [0.3, 0.4) is 0 Å². The number of carbonyl (C=O) groups is 2. The summed E-state index contributed by atoms with van der Waals surface area (Å²) in [6, 6.07) is 0.171. The number of hydrogen-bond acceptors (Lipinski definition) is 4. The Kier molecular flexibility index (Phi) is 5.51. The van der Waals surface area contributed by atoms with Gasteiger partial charge in [0.25, 0.3) is 0 Å². The largest absolute Gasteiger partial charge is 0.344 e. The van der Waals surface area contributed by atoms with E-state index in [0.29, 0.717) is 18.3 Å². The Labute approximate surface area is 118 Å². The van der Waals surface area contributed by atoms with Gasteiger partial charge in [-0.3, -0.25) is 9.59 Å². The molecule has 2 amide bonds. The van der Waals surface area contributed by atoms with E-state index in [4.69, 9.17) is 0 Å². The Bertz CT molecular complexity index is 332. The molecule has 1 aliphatic heterocycles. The number of hydrogen-bond donors (Lipinski definition) is 2. The minimum Gasteiger partial charge on any atom is -0.344 e. The van der Waals surface area contributed by atoms with E-state index in [2.05, 4.69) is 17.6 Å². The first-order valence-electron chi connectivity index (χ1n) is 7.14. The summed E-state index contributed by atoms with van der Waals surface area (Å²) in [7, 11) is 0. The predicted octanol–water partition coefficient (Wildman–Crippen LogP) is 0.209. The van der Waals surface area contributed by atoms with E-state index >= 15 is 0 Å². The van der Waals surface area contributed by atoms with Crippen LogP contribution in [-0.2, 0) is 9.59 Å². The molecule has 2 unspecified atom stereocenters. The lowest BCUT2D eigenvalue weighted by Crippen LogP contribution is -2.53. The lowest BCUT2D eigenvalue weighted by molar-refractivity contribution is -0.146. The molecule has 1 heterocycles. The Morgan fingerprint density at radius 3 is 2.74 bits per heavy atom. The fourth-order valence-corrected chi connectivity index (χ4v) is 3.94. The zero-order valence-electron chi connectivity index (χ0n) is 11.5. The Morgan fingerprint density at radius 1 is 1.32 bits per heavy atom. The number of piperazine rings is 1. The summed E-state index contributed by atoms with van der Waals surface area (Å²) in [4.78, 5) is 25.7. The van der Waals surface area contributed by atoms with E-state index in [9.17, 15) is 9.59 Å². The average molecular weight is 285 g/mol. The van der Waals surface area contributed by atoms with Crippen LogP contribution in [0.2, 0.25) is 0 Å². The minimum absolute atomic E-state index is 0.171. The van der Waals surface area contributed by atoms with Gasteiger partial charge in [-0.15, -0.1) is 0 Å². The molecule has 6 heteroatoms. The molecule has 5 nitrogen and oxygen atoms in total. The second kappa shape index (κ2) is 7.14. The molecule has 0 aromatic carbocycles. The average Bonchev–Trinajstić information content (AvgIpc) is 2.86. The molecule has 0 radical (unpaired) electrons. The lowest BCUT2D eigenvalue weighted by Gasteiger charge is -2.28. The van der Waals surface area contributed by atoms with Crippen molar-refractivity contribution in [1.82, 2.24) is 15.5 Å². The fraction of sp³-hybridized carbons (Fsp3) is 0.846. The molecule has 2 atom stereocenters. The van der Waals surface area contributed by atoms with E-state index < -0.39 is 5.91 Å². The van der Waals surface area contributed by atoms with Crippen LogP contribution in [0, 0.1) is 0 Å². The number of nitrogens with one attached hydrogen (secondary N) is 2. The molecule has 2 N–H and O–H groups in total. The Hall–Kier alpha value is -0.750. The van der Waals surface area contributed by atoms with Gasteiger partial charge in [0.05, 0.1) is 0 Å². The first kappa shape index (κ1) is 14.7. The Balaban J connectivity index is 1.84. The third-order valence-corrected chi connectivity index (χ3v) is 5.07. The van der Waals surface area contributed by atoms with Gasteiger partial charge in [0.1, 0.15) is 0 Å². The van der Waals surface area contributed by atoms with E-state index in [0.717, 1.165) is 38.1 Å². The van der Waals surface area contributed by atoms with Gasteiger partial charge < -0.3 is 15.5 Å². The Morgan fingerprint density at radius 2 is 2.05 bits per heavy atom. The van der Waals surface area contributed by atoms with Crippen LogP contribution in [0.5, 0.6) is 0 Å². The summed E-state index contributed by atoms with van der Waals surface area (Å²) in [6.45, 7) is 4.94. The maximum Gasteiger partial charge on any atom is 0.311 e. The van der Waals surface area contributed by atoms with E-state index in [1.165, 1.54) is 0 Å². The summed E-state index contributed by atoms with van der Waals surface area (Å²) in [5.74, 6) is 0.270. The zero-order valence-corrected chi connectivity index (χ0v) is 12.3. The van der Waals surface area contributed by atoms with Crippen LogP contribution < -0.4 is 10.6 Å². The SMILES string of the molecule is CCSC1CCCC1NC(=O)C(=O)N1CCNCC1. The van der Waals surface area contributed by atoms with Crippen molar-refractivity contribution in [1.29, 1.82) is 0 Å². The summed E-state index contributed by atoms with van der Waals surface area (Å²) >= 11 is 1.89. The van der Waals surface area contributed by atoms with Crippen molar-refractivity contribution in [3.63, 3.8) is 0 Å². The van der Waals surface area contributed by atoms with Crippen molar-refractivity contribution < 1.29 is 9.59 Å². The quantitative estimate of drug-likeness (QED) is 0.728. The van der Waals surface area contributed by atoms with Gasteiger partial charge in [0.15, 0.2) is 0 Å². The number of rotatable bonds is 3. The number of thioether (sulfide) groups is 1. The van der Waals surface area contributed by atoms with Gasteiger partial charge in [-0.2, -0.15) is 11.8 Å². The molecule has 2 rings (SSSR count). The topological polar surface area (TPSA) is 61.4 Å². The maximum atomic E-state index is 12.0. The minimum atomic E-state index is -0.421. The molecule has 1 saturated carbocycles. The van der Waals surface area contributed by atoms with Crippen molar-refractivity contribution >= 4 is 23.6 Å². The first-order chi connectivity index (χ1) is 9.22. The molecule has 108 valence electrons. The summed E-state index contributed by atoms with van der Waals surface area (Å²) < 4.78 is 0. The molecule has 2 fully saturated rings. The summed E-state index contributed by atoms with van der Waals surface area (Å²) in [5.41, 5.74) is 0. The standard InChI is InChI=1S/C13H23N3O2S/c1-2-19-11-5-3-4-10(11)15-12(17)13(18)16-8-6-14-7-9-16/h10-11,14H,2-9H2,1H3,(H,15,17). The van der Waals surface area contributed by atoms with Gasteiger partial charge in [0, 0.05) is 37.5 Å². The highest BCUT2D eigenvalue weighted by molar-refractivity contribution is 7.99. The monoisotopic (exact) mass is 285 g/mol. The van der Waals surface area contributed by atoms with Crippen LogP contribution in [0.15, 0.2) is 0 Å². The molecular formula is C13H23N3O2S. The predicted molar refractivity (Wildman–Crippen MR) is 77.2 cm³/mol. The molecule has 1 aliphatic carbocycles. The molecule has 19 heavy (non-hydrogen) atoms. The third kappa shape index (κ3) is 3.86. The van der Waals surface area contributed by atoms with Crippen molar-refractivity contribution in [3.8, 4) is 0 Å². The van der Waals surface area contributed by atoms with Crippen LogP contribution in [0.25, 0.3) is 0 Å². The van der Waals surface area contributed by atoms with Gasteiger partial charge in [-0.05, 0) is 18.6 Å². The van der Waals surface area contributed by atoms with Crippen LogP contribution in [0.4, 0.5) is 0 Å². The fourth-order valence-electron chi connectivity index (χ4n) is 2.75. The van der Waals surface area contributed by atoms with Gasteiger partial charge in [0.2, 0.25) is 0 Å². The maximum absolute atomic E-state index is 12.0. The normalized spacial score (nSPS) is 27.3. The molecule has 0 spiro atoms. The number of carbonyl (C=O) groups excluding carboxylic acids is 2. The molecule has 0 aromatic rings. The highest BCUT2D eigenvalue weighted by Crippen LogP contribution is 2.29. The second-order valence-electron chi connectivity index (χ2n) is 5.05. The summed E-state index contributed by atoms with van der Waals surface area (Å²) in [5, 5.41) is 6.59. The number of amides is 2.